The van der Waals surface area contributed by atoms with Crippen LogP contribution in [0.3, 0.4) is 0 Å². The average molecular weight is 433 g/mol. The number of benzene rings is 3. The molecule has 0 bridgehead atoms. The van der Waals surface area contributed by atoms with Crippen LogP contribution in [0, 0.1) is 0 Å². The minimum atomic E-state index is -0.462. The summed E-state index contributed by atoms with van der Waals surface area (Å²) in [4.78, 5) is 17.4. The molecule has 2 heterocycles. The van der Waals surface area contributed by atoms with Gasteiger partial charge in [-0.2, -0.15) is 0 Å². The summed E-state index contributed by atoms with van der Waals surface area (Å²) in [6.07, 6.45) is 0.180. The Morgan fingerprint density at radius 2 is 1.72 bits per heavy atom. The second-order valence-corrected chi connectivity index (χ2v) is 8.31. The van der Waals surface area contributed by atoms with Crippen molar-refractivity contribution in [2.45, 2.75) is 26.0 Å². The molecule has 0 radical (unpaired) electrons. The summed E-state index contributed by atoms with van der Waals surface area (Å²) in [5.41, 5.74) is 1.19. The van der Waals surface area contributed by atoms with Crippen LogP contribution in [0.1, 0.15) is 18.9 Å². The number of rotatable bonds is 6. The molecule has 1 saturated heterocycles. The van der Waals surface area contributed by atoms with Gasteiger partial charge in [0.15, 0.2) is 17.6 Å². The highest BCUT2D eigenvalue weighted by molar-refractivity contribution is 5.84. The van der Waals surface area contributed by atoms with Crippen LogP contribution in [0.15, 0.2) is 60.7 Å². The predicted molar refractivity (Wildman–Crippen MR) is 123 cm³/mol. The van der Waals surface area contributed by atoms with E-state index in [1.165, 1.54) is 5.56 Å². The summed E-state index contributed by atoms with van der Waals surface area (Å²) in [6, 6.07) is 20.3. The van der Waals surface area contributed by atoms with Crippen molar-refractivity contribution in [2.75, 3.05) is 33.0 Å². The fraction of sp³-hybridized carbons (Fsp3) is 0.346. The SMILES string of the molecule is CC[C@H](Oc1ccc2ccccc2c1)C(=O)N1CCN(Cc2ccc3c(c2)OCO3)CC1. The number of hydrogen-bond donors (Lipinski definition) is 0. The lowest BCUT2D eigenvalue weighted by Crippen LogP contribution is -2.52. The summed E-state index contributed by atoms with van der Waals surface area (Å²) in [6.45, 7) is 6.23. The van der Waals surface area contributed by atoms with Gasteiger partial charge in [0.25, 0.3) is 5.91 Å². The maximum atomic E-state index is 13.1. The Morgan fingerprint density at radius 1 is 0.938 bits per heavy atom. The Kier molecular flexibility index (Phi) is 5.86. The molecule has 32 heavy (non-hydrogen) atoms. The third-order valence-corrected chi connectivity index (χ3v) is 6.17. The molecule has 1 fully saturated rings. The summed E-state index contributed by atoms with van der Waals surface area (Å²) in [7, 11) is 0. The van der Waals surface area contributed by atoms with Gasteiger partial charge in [0.2, 0.25) is 6.79 Å². The Balaban J connectivity index is 1.17. The average Bonchev–Trinajstić information content (AvgIpc) is 3.30. The van der Waals surface area contributed by atoms with E-state index in [-0.39, 0.29) is 5.91 Å². The van der Waals surface area contributed by atoms with Crippen molar-refractivity contribution >= 4 is 16.7 Å². The van der Waals surface area contributed by atoms with E-state index in [0.717, 1.165) is 47.7 Å². The minimum absolute atomic E-state index is 0.0726. The number of fused-ring (bicyclic) bond motifs is 2. The monoisotopic (exact) mass is 432 g/mol. The Morgan fingerprint density at radius 3 is 2.53 bits per heavy atom. The molecule has 1 atom stereocenters. The fourth-order valence-corrected chi connectivity index (χ4v) is 4.34. The molecular formula is C26H28N2O4. The molecule has 0 aliphatic carbocycles. The molecule has 3 aromatic carbocycles. The first-order chi connectivity index (χ1) is 15.7. The van der Waals surface area contributed by atoms with Gasteiger partial charge in [0.1, 0.15) is 5.75 Å². The van der Waals surface area contributed by atoms with E-state index < -0.39 is 6.10 Å². The molecule has 6 heteroatoms. The normalized spacial score (nSPS) is 16.8. The number of amides is 1. The lowest BCUT2D eigenvalue weighted by atomic mass is 10.1. The van der Waals surface area contributed by atoms with E-state index in [9.17, 15) is 4.79 Å². The van der Waals surface area contributed by atoms with E-state index >= 15 is 0 Å². The predicted octanol–water partition coefficient (Wildman–Crippen LogP) is 4.07. The molecule has 2 aliphatic rings. The zero-order chi connectivity index (χ0) is 21.9. The third kappa shape index (κ3) is 4.36. The van der Waals surface area contributed by atoms with Crippen LogP contribution in [0.2, 0.25) is 0 Å². The van der Waals surface area contributed by atoms with E-state index in [1.807, 2.05) is 54.3 Å². The highest BCUT2D eigenvalue weighted by Gasteiger charge is 2.28. The van der Waals surface area contributed by atoms with Crippen molar-refractivity contribution < 1.29 is 19.0 Å². The number of hydrogen-bond acceptors (Lipinski definition) is 5. The number of nitrogens with zero attached hydrogens (tertiary/aromatic N) is 2. The van der Waals surface area contributed by atoms with Gasteiger partial charge in [0, 0.05) is 32.7 Å². The standard InChI is InChI=1S/C26H28N2O4/c1-2-23(32-22-9-8-20-5-3-4-6-21(20)16-22)26(29)28-13-11-27(12-14-28)17-19-7-10-24-25(15-19)31-18-30-24/h3-10,15-16,23H,2,11-14,17-18H2,1H3/t23-/m0/s1. The number of carbonyl (C=O) groups is 1. The molecule has 3 aromatic rings. The van der Waals surface area contributed by atoms with Crippen molar-refractivity contribution in [3.8, 4) is 17.2 Å². The Hall–Kier alpha value is -3.25. The lowest BCUT2D eigenvalue weighted by molar-refractivity contribution is -0.140. The second kappa shape index (κ2) is 9.09. The minimum Gasteiger partial charge on any atom is -0.481 e. The van der Waals surface area contributed by atoms with Gasteiger partial charge in [-0.05, 0) is 47.0 Å². The van der Waals surface area contributed by atoms with Gasteiger partial charge in [-0.25, -0.2) is 0 Å². The van der Waals surface area contributed by atoms with E-state index in [0.29, 0.717) is 26.3 Å². The Bertz CT molecular complexity index is 1110. The molecule has 1 amide bonds. The van der Waals surface area contributed by atoms with Gasteiger partial charge in [-0.15, -0.1) is 0 Å². The molecule has 6 nitrogen and oxygen atoms in total. The zero-order valence-corrected chi connectivity index (χ0v) is 18.3. The van der Waals surface area contributed by atoms with Crippen molar-refractivity contribution in [1.82, 2.24) is 9.80 Å². The first-order valence-electron chi connectivity index (χ1n) is 11.2. The van der Waals surface area contributed by atoms with Crippen LogP contribution in [0.25, 0.3) is 10.8 Å². The Labute approximate surface area is 188 Å². The molecule has 0 spiro atoms. The first-order valence-corrected chi connectivity index (χ1v) is 11.2. The topological polar surface area (TPSA) is 51.2 Å². The molecule has 0 N–H and O–H groups in total. The van der Waals surface area contributed by atoms with Gasteiger partial charge in [-0.1, -0.05) is 43.3 Å². The molecule has 0 saturated carbocycles. The zero-order valence-electron chi connectivity index (χ0n) is 18.3. The molecule has 0 aromatic heterocycles. The first kappa shape index (κ1) is 20.6. The molecule has 166 valence electrons. The van der Waals surface area contributed by atoms with Crippen molar-refractivity contribution in [3.05, 3.63) is 66.2 Å². The molecule has 5 rings (SSSR count). The maximum Gasteiger partial charge on any atom is 0.263 e. The van der Waals surface area contributed by atoms with Gasteiger partial charge in [0.05, 0.1) is 0 Å². The van der Waals surface area contributed by atoms with Gasteiger partial charge >= 0.3 is 0 Å². The van der Waals surface area contributed by atoms with Gasteiger partial charge in [-0.3, -0.25) is 9.69 Å². The second-order valence-electron chi connectivity index (χ2n) is 8.31. The summed E-state index contributed by atoms with van der Waals surface area (Å²) in [5.74, 6) is 2.43. The van der Waals surface area contributed by atoms with Crippen LogP contribution < -0.4 is 14.2 Å². The van der Waals surface area contributed by atoms with Crippen LogP contribution in [0.4, 0.5) is 0 Å². The lowest BCUT2D eigenvalue weighted by Gasteiger charge is -2.36. The van der Waals surface area contributed by atoms with Crippen molar-refractivity contribution in [2.24, 2.45) is 0 Å². The third-order valence-electron chi connectivity index (χ3n) is 6.17. The summed E-state index contributed by atoms with van der Waals surface area (Å²) < 4.78 is 17.0. The highest BCUT2D eigenvalue weighted by Crippen LogP contribution is 2.33. The maximum absolute atomic E-state index is 13.1. The van der Waals surface area contributed by atoms with Crippen molar-refractivity contribution in [1.29, 1.82) is 0 Å². The molecular weight excluding hydrogens is 404 g/mol. The highest BCUT2D eigenvalue weighted by atomic mass is 16.7. The summed E-state index contributed by atoms with van der Waals surface area (Å²) >= 11 is 0. The molecule has 2 aliphatic heterocycles. The number of piperazine rings is 1. The number of ether oxygens (including phenoxy) is 3. The van der Waals surface area contributed by atoms with Crippen LogP contribution >= 0.6 is 0 Å². The van der Waals surface area contributed by atoms with Crippen LogP contribution in [0.5, 0.6) is 17.2 Å². The quantitative estimate of drug-likeness (QED) is 0.588. The summed E-state index contributed by atoms with van der Waals surface area (Å²) in [5, 5.41) is 2.28. The van der Waals surface area contributed by atoms with E-state index in [2.05, 4.69) is 23.1 Å². The van der Waals surface area contributed by atoms with Crippen molar-refractivity contribution in [3.63, 3.8) is 0 Å². The largest absolute Gasteiger partial charge is 0.481 e. The van der Waals surface area contributed by atoms with Gasteiger partial charge < -0.3 is 19.1 Å². The fourth-order valence-electron chi connectivity index (χ4n) is 4.34. The number of carbonyl (C=O) groups excluding carboxylic acids is 1. The van der Waals surface area contributed by atoms with Crippen LogP contribution in [-0.4, -0.2) is 54.8 Å². The van der Waals surface area contributed by atoms with E-state index in [4.69, 9.17) is 14.2 Å². The van der Waals surface area contributed by atoms with E-state index in [1.54, 1.807) is 0 Å². The van der Waals surface area contributed by atoms with Crippen LogP contribution in [-0.2, 0) is 11.3 Å². The smallest absolute Gasteiger partial charge is 0.263 e. The molecule has 0 unspecified atom stereocenters.